The molecule has 1 N–H and O–H groups in total. The van der Waals surface area contributed by atoms with Crippen molar-refractivity contribution in [3.8, 4) is 5.75 Å². The fourth-order valence-corrected chi connectivity index (χ4v) is 2.04. The van der Waals surface area contributed by atoms with Crippen LogP contribution in [0.3, 0.4) is 0 Å². The number of hydrogen-bond donors (Lipinski definition) is 1. The summed E-state index contributed by atoms with van der Waals surface area (Å²) in [6.45, 7) is 7.07. The smallest absolute Gasteiger partial charge is 0.164 e. The van der Waals surface area contributed by atoms with Gasteiger partial charge in [-0.15, -0.1) is 0 Å². The number of benzene rings is 1. The van der Waals surface area contributed by atoms with Crippen molar-refractivity contribution >= 4 is 0 Å². The molecule has 1 aromatic carbocycles. The molecular formula is C15H21N3O2. The molecule has 108 valence electrons. The van der Waals surface area contributed by atoms with Crippen LogP contribution in [0.5, 0.6) is 5.75 Å². The summed E-state index contributed by atoms with van der Waals surface area (Å²) < 4.78 is 7.66. The first kappa shape index (κ1) is 14.5. The van der Waals surface area contributed by atoms with Gasteiger partial charge in [-0.3, -0.25) is 0 Å². The first-order valence-corrected chi connectivity index (χ1v) is 6.90. The number of rotatable bonds is 6. The van der Waals surface area contributed by atoms with Gasteiger partial charge >= 0.3 is 0 Å². The normalized spacial score (nSPS) is 12.4. The van der Waals surface area contributed by atoms with Crippen LogP contribution in [0.25, 0.3) is 0 Å². The second-order valence-electron chi connectivity index (χ2n) is 4.89. The van der Waals surface area contributed by atoms with Crippen LogP contribution < -0.4 is 4.74 Å². The maximum atomic E-state index is 9.55. The Bertz CT molecular complexity index is 564. The number of hydrogen-bond acceptors (Lipinski definition) is 4. The minimum atomic E-state index is -0.463. The molecule has 20 heavy (non-hydrogen) atoms. The van der Waals surface area contributed by atoms with Crippen molar-refractivity contribution < 1.29 is 9.84 Å². The molecule has 0 radical (unpaired) electrons. The monoisotopic (exact) mass is 275 g/mol. The Morgan fingerprint density at radius 3 is 2.85 bits per heavy atom. The fraction of sp³-hybridized carbons (Fsp3) is 0.467. The fourth-order valence-electron chi connectivity index (χ4n) is 2.04. The van der Waals surface area contributed by atoms with E-state index in [0.717, 1.165) is 35.7 Å². The lowest BCUT2D eigenvalue weighted by atomic mass is 10.1. The first-order chi connectivity index (χ1) is 9.61. The Labute approximate surface area is 119 Å². The summed E-state index contributed by atoms with van der Waals surface area (Å²) in [5, 5.41) is 13.7. The van der Waals surface area contributed by atoms with E-state index in [1.165, 1.54) is 0 Å². The molecule has 0 aliphatic rings. The van der Waals surface area contributed by atoms with Gasteiger partial charge in [-0.05, 0) is 43.5 Å². The van der Waals surface area contributed by atoms with Gasteiger partial charge in [-0.2, -0.15) is 5.10 Å². The SMILES string of the molecule is CCCn1ncnc1COc1ccc(C(C)O)cc1C. The predicted molar refractivity (Wildman–Crippen MR) is 76.5 cm³/mol. The minimum Gasteiger partial charge on any atom is -0.485 e. The molecule has 2 aromatic rings. The molecule has 0 saturated carbocycles. The number of aliphatic hydroxyl groups is 1. The Balaban J connectivity index is 2.05. The largest absolute Gasteiger partial charge is 0.485 e. The standard InChI is InChI=1S/C15H21N3O2/c1-4-7-18-15(16-10-17-18)9-20-14-6-5-13(12(3)19)8-11(14)2/h5-6,8,10,12,19H,4,7,9H2,1-3H3. The molecular weight excluding hydrogens is 254 g/mol. The van der Waals surface area contributed by atoms with Gasteiger partial charge in [-0.1, -0.05) is 13.0 Å². The predicted octanol–water partition coefficient (Wildman–Crippen LogP) is 2.63. The highest BCUT2D eigenvalue weighted by molar-refractivity contribution is 5.36. The van der Waals surface area contributed by atoms with E-state index in [2.05, 4.69) is 17.0 Å². The molecule has 0 aliphatic carbocycles. The Morgan fingerprint density at radius 2 is 2.20 bits per heavy atom. The molecule has 5 heteroatoms. The van der Waals surface area contributed by atoms with Gasteiger partial charge in [0.2, 0.25) is 0 Å². The molecule has 0 fully saturated rings. The van der Waals surface area contributed by atoms with E-state index in [1.54, 1.807) is 13.3 Å². The van der Waals surface area contributed by atoms with E-state index in [0.29, 0.717) is 6.61 Å². The molecule has 1 heterocycles. The quantitative estimate of drug-likeness (QED) is 0.880. The van der Waals surface area contributed by atoms with E-state index in [4.69, 9.17) is 4.74 Å². The molecule has 0 spiro atoms. The molecule has 5 nitrogen and oxygen atoms in total. The summed E-state index contributed by atoms with van der Waals surface area (Å²) in [6.07, 6.45) is 2.10. The van der Waals surface area contributed by atoms with E-state index < -0.39 is 6.10 Å². The zero-order chi connectivity index (χ0) is 14.5. The molecule has 0 amide bonds. The van der Waals surface area contributed by atoms with Gasteiger partial charge in [0.15, 0.2) is 5.82 Å². The van der Waals surface area contributed by atoms with E-state index in [-0.39, 0.29) is 0 Å². The average molecular weight is 275 g/mol. The lowest BCUT2D eigenvalue weighted by Crippen LogP contribution is -2.09. The van der Waals surface area contributed by atoms with Gasteiger partial charge in [0.1, 0.15) is 18.7 Å². The van der Waals surface area contributed by atoms with Gasteiger partial charge in [0.25, 0.3) is 0 Å². The van der Waals surface area contributed by atoms with Crippen LogP contribution >= 0.6 is 0 Å². The van der Waals surface area contributed by atoms with Crippen LogP contribution in [-0.4, -0.2) is 19.9 Å². The lowest BCUT2D eigenvalue weighted by molar-refractivity contribution is 0.199. The summed E-state index contributed by atoms with van der Waals surface area (Å²) in [4.78, 5) is 4.21. The average Bonchev–Trinajstić information content (AvgIpc) is 2.85. The molecule has 1 aromatic heterocycles. The summed E-state index contributed by atoms with van der Waals surface area (Å²) in [5.74, 6) is 1.63. The third-order valence-corrected chi connectivity index (χ3v) is 3.17. The van der Waals surface area contributed by atoms with Crippen LogP contribution in [0.1, 0.15) is 43.3 Å². The van der Waals surface area contributed by atoms with Gasteiger partial charge in [-0.25, -0.2) is 9.67 Å². The molecule has 0 bridgehead atoms. The van der Waals surface area contributed by atoms with E-state index in [1.807, 2.05) is 29.8 Å². The van der Waals surface area contributed by atoms with Crippen LogP contribution in [0.2, 0.25) is 0 Å². The second kappa shape index (κ2) is 6.52. The maximum absolute atomic E-state index is 9.55. The van der Waals surface area contributed by atoms with Crippen LogP contribution in [0.15, 0.2) is 24.5 Å². The highest BCUT2D eigenvalue weighted by Gasteiger charge is 2.08. The molecule has 0 saturated heterocycles. The van der Waals surface area contributed by atoms with Gasteiger partial charge in [0.05, 0.1) is 6.10 Å². The van der Waals surface area contributed by atoms with Gasteiger partial charge in [0, 0.05) is 6.54 Å². The van der Waals surface area contributed by atoms with Gasteiger partial charge < -0.3 is 9.84 Å². The lowest BCUT2D eigenvalue weighted by Gasteiger charge is -2.12. The Hall–Kier alpha value is -1.88. The Morgan fingerprint density at radius 1 is 1.40 bits per heavy atom. The highest BCUT2D eigenvalue weighted by Crippen LogP contribution is 2.23. The zero-order valence-corrected chi connectivity index (χ0v) is 12.2. The number of aliphatic hydroxyl groups excluding tert-OH is 1. The van der Waals surface area contributed by atoms with Crippen molar-refractivity contribution in [2.75, 3.05) is 0 Å². The summed E-state index contributed by atoms with van der Waals surface area (Å²) in [6, 6.07) is 5.71. The molecule has 0 aliphatic heterocycles. The number of ether oxygens (including phenoxy) is 1. The summed E-state index contributed by atoms with van der Waals surface area (Å²) in [7, 11) is 0. The van der Waals surface area contributed by atoms with E-state index in [9.17, 15) is 5.11 Å². The maximum Gasteiger partial charge on any atom is 0.164 e. The second-order valence-corrected chi connectivity index (χ2v) is 4.89. The number of aromatic nitrogens is 3. The summed E-state index contributed by atoms with van der Waals surface area (Å²) in [5.41, 5.74) is 1.90. The third kappa shape index (κ3) is 3.36. The molecule has 2 rings (SSSR count). The van der Waals surface area contributed by atoms with Crippen LogP contribution in [0, 0.1) is 6.92 Å². The van der Waals surface area contributed by atoms with Crippen LogP contribution in [0.4, 0.5) is 0 Å². The molecule has 1 atom stereocenters. The van der Waals surface area contributed by atoms with E-state index >= 15 is 0 Å². The van der Waals surface area contributed by atoms with Crippen LogP contribution in [-0.2, 0) is 13.2 Å². The van der Waals surface area contributed by atoms with Crippen molar-refractivity contribution in [1.29, 1.82) is 0 Å². The number of nitrogens with zero attached hydrogens (tertiary/aromatic N) is 3. The van der Waals surface area contributed by atoms with Crippen molar-refractivity contribution in [1.82, 2.24) is 14.8 Å². The number of aryl methyl sites for hydroxylation is 2. The van der Waals surface area contributed by atoms with Crippen molar-refractivity contribution in [2.24, 2.45) is 0 Å². The minimum absolute atomic E-state index is 0.398. The topological polar surface area (TPSA) is 60.2 Å². The van der Waals surface area contributed by atoms with Crippen molar-refractivity contribution in [3.05, 3.63) is 41.5 Å². The highest BCUT2D eigenvalue weighted by atomic mass is 16.5. The van der Waals surface area contributed by atoms with Crippen molar-refractivity contribution in [2.45, 2.75) is 46.4 Å². The van der Waals surface area contributed by atoms with Crippen molar-refractivity contribution in [3.63, 3.8) is 0 Å². The molecule has 1 unspecified atom stereocenters. The third-order valence-electron chi connectivity index (χ3n) is 3.17. The first-order valence-electron chi connectivity index (χ1n) is 6.90. The summed E-state index contributed by atoms with van der Waals surface area (Å²) >= 11 is 0. The zero-order valence-electron chi connectivity index (χ0n) is 12.2. The Kier molecular flexibility index (Phi) is 4.74.